The van der Waals surface area contributed by atoms with E-state index in [1.807, 2.05) is 0 Å². The largest absolute Gasteiger partial charge is 0.481 e. The molecule has 12 amide bonds. The number of rotatable bonds is 16. The van der Waals surface area contributed by atoms with E-state index in [4.69, 9.17) is 5.73 Å². The predicted octanol–water partition coefficient (Wildman–Crippen LogP) is -2.20. The number of para-hydroxylation sites is 1. The van der Waals surface area contributed by atoms with Gasteiger partial charge in [-0.2, -0.15) is 0 Å². The van der Waals surface area contributed by atoms with Crippen LogP contribution in [0.4, 0.5) is 0 Å². The molecule has 0 aliphatic carbocycles. The lowest BCUT2D eigenvalue weighted by Gasteiger charge is -2.29. The van der Waals surface area contributed by atoms with Crippen LogP contribution in [0.25, 0.3) is 10.9 Å². The predicted molar refractivity (Wildman–Crippen MR) is 368 cm³/mol. The minimum atomic E-state index is -1.63. The van der Waals surface area contributed by atoms with Gasteiger partial charge in [0.05, 0.1) is 36.4 Å². The average molecular weight is 1430 g/mol. The molecule has 1 aromatic carbocycles. The monoisotopic (exact) mass is 1430 g/mol. The number of carbonyl (C=O) groups is 13. The van der Waals surface area contributed by atoms with E-state index >= 15 is 9.59 Å². The molecule has 0 saturated heterocycles. The third kappa shape index (κ3) is 25.5. The zero-order chi connectivity index (χ0) is 73.4. The Morgan fingerprint density at radius 1 is 0.720 bits per heavy atom. The summed E-state index contributed by atoms with van der Waals surface area (Å²) in [7, 11) is 2.10. The number of aliphatic hydroxyl groups excluding tert-OH is 1. The Kier molecular flexibility index (Phi) is 30.7. The Bertz CT molecular complexity index is 3510. The van der Waals surface area contributed by atoms with Crippen LogP contribution in [0.2, 0.25) is 0 Å². The van der Waals surface area contributed by atoms with Gasteiger partial charge in [-0.3, -0.25) is 67.0 Å². The second-order valence-electron chi connectivity index (χ2n) is 26.3. The van der Waals surface area contributed by atoms with Gasteiger partial charge >= 0.3 is 5.97 Å². The first-order valence-electron chi connectivity index (χ1n) is 33.3. The highest BCUT2D eigenvalue weighted by Crippen LogP contribution is 2.25. The number of primary amides is 1. The summed E-state index contributed by atoms with van der Waals surface area (Å²) < 4.78 is 1.50. The number of carboxylic acid groups (broad SMARTS) is 1. The molecular weight excluding hydrogens is 1340 g/mol. The minimum Gasteiger partial charge on any atom is -0.481 e. The highest BCUT2D eigenvalue weighted by Gasteiger charge is 2.38. The Balaban J connectivity index is 1.48. The summed E-state index contributed by atoms with van der Waals surface area (Å²) in [5.41, 5.74) is 6.77. The number of nitrogens with two attached hydrogens (primary N) is 1. The SMILES string of the molecule is CCC[C@@H]1NC(=O)[C@H](CCC(=O)O)NC(=O)CNC(=O)[C@H](CC(C)C)NC(=O)[C@H](Cc2c[nH]cn2)NC(=O)[C@@H]2CCc3cn(nn3)CCCC[C@H](NC1=O)C(=O)N[C@@H](Cc1c[nH]c3ccccc13)C(=O)N[C@H](C(=O)N[C@H](C(N)=O)[C@@H](C)O)CSSC[C@H](NC(C)(C)C)C(=O)N[C@@H](C)C(=O)N2. The van der Waals surface area contributed by atoms with Gasteiger partial charge in [0.25, 0.3) is 0 Å². The van der Waals surface area contributed by atoms with Crippen molar-refractivity contribution in [3.63, 3.8) is 0 Å². The molecule has 4 bridgehead atoms. The van der Waals surface area contributed by atoms with Crippen LogP contribution >= 0.6 is 21.6 Å². The van der Waals surface area contributed by atoms with E-state index < -0.39 is 174 Å². The molecule has 6 rings (SSSR count). The van der Waals surface area contributed by atoms with E-state index in [-0.39, 0.29) is 88.2 Å². The van der Waals surface area contributed by atoms with Crippen molar-refractivity contribution in [2.24, 2.45) is 11.7 Å². The van der Waals surface area contributed by atoms with Gasteiger partial charge in [-0.1, -0.05) is 72.2 Å². The van der Waals surface area contributed by atoms with Gasteiger partial charge in [-0.15, -0.1) is 5.10 Å². The number of hydrogen-bond acceptors (Lipinski definition) is 20. The molecule has 4 aromatic rings. The summed E-state index contributed by atoms with van der Waals surface area (Å²) >= 11 is 0. The van der Waals surface area contributed by atoms with E-state index in [9.17, 15) is 63.0 Å². The van der Waals surface area contributed by atoms with E-state index in [1.165, 1.54) is 31.1 Å². The van der Waals surface area contributed by atoms with Crippen LogP contribution in [0.15, 0.2) is 49.2 Å². The van der Waals surface area contributed by atoms with Gasteiger partial charge in [-0.25, -0.2) is 4.98 Å². The van der Waals surface area contributed by atoms with Gasteiger partial charge < -0.3 is 89.7 Å². The van der Waals surface area contributed by atoms with Crippen molar-refractivity contribution < 1.29 is 72.5 Å². The molecule has 0 fully saturated rings. The van der Waals surface area contributed by atoms with E-state index in [2.05, 4.69) is 89.1 Å². The Morgan fingerprint density at radius 2 is 1.35 bits per heavy atom. The molecule has 18 N–H and O–H groups in total. The molecule has 0 radical (unpaired) electrons. The molecule has 0 unspecified atom stereocenters. The van der Waals surface area contributed by atoms with Crippen molar-refractivity contribution in [3.8, 4) is 0 Å². The molecule has 36 heteroatoms. The van der Waals surface area contributed by atoms with E-state index in [1.54, 1.807) is 78.2 Å². The number of nitrogens with one attached hydrogen (secondary N) is 14. The van der Waals surface area contributed by atoms with Gasteiger partial charge in [-0.05, 0) is 104 Å². The van der Waals surface area contributed by atoms with Crippen LogP contribution in [0.1, 0.15) is 130 Å². The lowest BCUT2D eigenvalue weighted by atomic mass is 10.0. The van der Waals surface area contributed by atoms with Gasteiger partial charge in [0.15, 0.2) is 0 Å². The third-order valence-electron chi connectivity index (χ3n) is 16.2. The first kappa shape index (κ1) is 79.8. The van der Waals surface area contributed by atoms with E-state index in [0.29, 0.717) is 27.9 Å². The molecule has 2 aliphatic rings. The first-order valence-corrected chi connectivity index (χ1v) is 35.8. The van der Waals surface area contributed by atoms with Crippen molar-refractivity contribution in [2.45, 2.75) is 217 Å². The van der Waals surface area contributed by atoms with Crippen LogP contribution in [0, 0.1) is 5.92 Å². The highest BCUT2D eigenvalue weighted by molar-refractivity contribution is 8.76. The summed E-state index contributed by atoms with van der Waals surface area (Å²) in [5, 5.41) is 61.8. The molecule has 0 saturated carbocycles. The third-order valence-corrected chi connectivity index (χ3v) is 18.6. The van der Waals surface area contributed by atoms with E-state index in [0.717, 1.165) is 21.6 Å². The van der Waals surface area contributed by atoms with Crippen molar-refractivity contribution in [2.75, 3.05) is 18.1 Å². The van der Waals surface area contributed by atoms with Crippen LogP contribution in [-0.2, 0) is 88.1 Å². The number of H-pyrrole nitrogens is 2. The molecule has 100 heavy (non-hydrogen) atoms. The molecule has 34 nitrogen and oxygen atoms in total. The fourth-order valence-electron chi connectivity index (χ4n) is 11.0. The van der Waals surface area contributed by atoms with Gasteiger partial charge in [0, 0.05) is 72.3 Å². The maximum Gasteiger partial charge on any atom is 0.303 e. The van der Waals surface area contributed by atoms with Crippen molar-refractivity contribution in [3.05, 3.63) is 66.1 Å². The second-order valence-corrected chi connectivity index (χ2v) is 28.9. The van der Waals surface area contributed by atoms with Crippen LogP contribution in [0.5, 0.6) is 0 Å². The zero-order valence-electron chi connectivity index (χ0n) is 57.3. The van der Waals surface area contributed by atoms with Crippen LogP contribution in [0.3, 0.4) is 0 Å². The number of imidazole rings is 1. The number of aromatic nitrogens is 6. The molecule has 2 aliphatic heterocycles. The summed E-state index contributed by atoms with van der Waals surface area (Å²) in [4.78, 5) is 194. The summed E-state index contributed by atoms with van der Waals surface area (Å²) in [5.74, 6) is -12.7. The molecule has 12 atom stereocenters. The number of hydrogen-bond donors (Lipinski definition) is 17. The maximum atomic E-state index is 15.2. The second kappa shape index (κ2) is 38.4. The first-order chi connectivity index (χ1) is 47.4. The number of fused-ring (bicyclic) bond motifs is 7. The number of amides is 12. The average Bonchev–Trinajstić information content (AvgIpc) is 1.60. The fraction of sp³-hybridized carbons (Fsp3) is 0.594. The number of nitrogens with zero attached hydrogens (tertiary/aromatic N) is 4. The van der Waals surface area contributed by atoms with Gasteiger partial charge in [0.1, 0.15) is 60.4 Å². The number of aromatic amines is 2. The van der Waals surface area contributed by atoms with Gasteiger partial charge in [0.2, 0.25) is 70.9 Å². The number of carboxylic acids is 1. The number of aliphatic hydroxyl groups is 1. The smallest absolute Gasteiger partial charge is 0.303 e. The number of aryl methyl sites for hydroxylation is 2. The maximum absolute atomic E-state index is 15.2. The summed E-state index contributed by atoms with van der Waals surface area (Å²) in [6.07, 6.45) is 3.43. The molecule has 3 aromatic heterocycles. The van der Waals surface area contributed by atoms with Crippen LogP contribution in [-0.4, -0.2) is 213 Å². The van der Waals surface area contributed by atoms with Crippen molar-refractivity contribution >= 4 is 109 Å². The fourth-order valence-corrected chi connectivity index (χ4v) is 13.3. The topological polar surface area (TPSA) is 508 Å². The Morgan fingerprint density at radius 3 is 2.01 bits per heavy atom. The Labute approximate surface area is 586 Å². The minimum absolute atomic E-state index is 0.00758. The number of benzene rings is 1. The lowest BCUT2D eigenvalue weighted by Crippen LogP contribution is -2.61. The molecule has 5 heterocycles. The quantitative estimate of drug-likeness (QED) is 0.0529. The van der Waals surface area contributed by atoms with Crippen molar-refractivity contribution in [1.29, 1.82) is 0 Å². The molecule has 0 spiro atoms. The lowest BCUT2D eigenvalue weighted by molar-refractivity contribution is -0.138. The zero-order valence-corrected chi connectivity index (χ0v) is 59.0. The standard InChI is InChI=1S/C64H95N19O15S2/c1-9-14-41-56(91)74-42-17-12-13-22-83-29-37(81-82-83)18-19-44(59(94)77-47(25-38-27-66-32-69-38)61(96)75-45(23-33(2)3)55(90)68-28-50(85)71-43(58(93)73-41)20-21-51(86)87)72-54(89)34(4)70-63(98)49(80-64(6,7)8)31-100-99-30-48(62(97)79-52(35(5)84)53(65)88)78-60(95)46(76-57(42)92)24-36-26-67-40-16-11-10-15-39(36)40/h10-11,15-16,26-27,29,32-35,41-49,52,67,80,84H,9,12-14,17-25,28,30-31H2,1-8H3,(H2,65,88)(H,66,69)(H,68,90)(H,70,98)(H,71,85)(H,72,89)(H,73,93)(H,74,91)(H,75,96)(H,76,92)(H,77,94)(H,78,95)(H,79,97)(H,86,87)/t34-,35+,41-,42-,43-,44-,45-,46-,47-,48-,49-,52-/m0/s1. The molecular formula is C64H95N19O15S2. The summed E-state index contributed by atoms with van der Waals surface area (Å²) in [6.45, 7) is 12.6. The number of aliphatic carboxylic acids is 1. The van der Waals surface area contributed by atoms with Crippen molar-refractivity contribution in [1.82, 2.24) is 93.7 Å². The van der Waals surface area contributed by atoms with Crippen LogP contribution < -0.4 is 69.5 Å². The molecule has 548 valence electrons. The Hall–Kier alpha value is -9.16. The summed E-state index contributed by atoms with van der Waals surface area (Å²) in [6, 6.07) is -8.71. The normalized spacial score (nSPS) is 24.7. The highest BCUT2D eigenvalue weighted by atomic mass is 33.1. The number of carbonyl (C=O) groups excluding carboxylic acids is 12.